The molecule has 0 aliphatic heterocycles. The van der Waals surface area contributed by atoms with Crippen molar-refractivity contribution in [2.75, 3.05) is 6.61 Å². The summed E-state index contributed by atoms with van der Waals surface area (Å²) < 4.78 is 4.60. The number of amides is 1. The Hall–Kier alpha value is -1.88. The van der Waals surface area contributed by atoms with Gasteiger partial charge >= 0.3 is 5.97 Å². The zero-order valence-corrected chi connectivity index (χ0v) is 8.76. The Morgan fingerprint density at radius 3 is 2.44 bits per heavy atom. The highest BCUT2D eigenvalue weighted by atomic mass is 16.5. The molecular weight excluding hydrogens is 208 g/mol. The molecule has 5 nitrogen and oxygen atoms in total. The second-order valence-corrected chi connectivity index (χ2v) is 3.37. The van der Waals surface area contributed by atoms with E-state index in [0.717, 1.165) is 5.56 Å². The first-order valence-electron chi connectivity index (χ1n) is 4.84. The molecule has 16 heavy (non-hydrogen) atoms. The van der Waals surface area contributed by atoms with Gasteiger partial charge in [-0.25, -0.2) is 0 Å². The molecule has 4 N–H and O–H groups in total. The van der Waals surface area contributed by atoms with Crippen LogP contribution in [-0.2, 0) is 20.7 Å². The van der Waals surface area contributed by atoms with E-state index in [9.17, 15) is 9.59 Å². The zero-order valence-electron chi connectivity index (χ0n) is 8.76. The first-order valence-corrected chi connectivity index (χ1v) is 4.84. The molecule has 1 amide bonds. The van der Waals surface area contributed by atoms with Crippen molar-refractivity contribution in [1.29, 1.82) is 0 Å². The highest BCUT2D eigenvalue weighted by molar-refractivity contribution is 5.81. The molecule has 0 saturated carbocycles. The minimum Gasteiger partial charge on any atom is -0.454 e. The topological polar surface area (TPSA) is 95.4 Å². The van der Waals surface area contributed by atoms with Gasteiger partial charge in [0.25, 0.3) is 5.91 Å². The Labute approximate surface area is 93.4 Å². The molecule has 0 spiro atoms. The number of esters is 1. The van der Waals surface area contributed by atoms with Gasteiger partial charge in [0.1, 0.15) is 6.04 Å². The molecule has 0 aliphatic carbocycles. The highest BCUT2D eigenvalue weighted by Crippen LogP contribution is 2.02. The molecule has 86 valence electrons. The minimum atomic E-state index is -0.776. The molecule has 0 aromatic heterocycles. The van der Waals surface area contributed by atoms with Crippen LogP contribution >= 0.6 is 0 Å². The number of nitrogens with two attached hydrogens (primary N) is 2. The van der Waals surface area contributed by atoms with Crippen molar-refractivity contribution in [3.05, 3.63) is 35.9 Å². The number of rotatable bonds is 5. The predicted octanol–water partition coefficient (Wildman–Crippen LogP) is -0.415. The zero-order chi connectivity index (χ0) is 12.0. The van der Waals surface area contributed by atoms with Crippen LogP contribution in [0.5, 0.6) is 0 Å². The number of primary amides is 1. The maximum atomic E-state index is 11.3. The normalized spacial score (nSPS) is 11.8. The lowest BCUT2D eigenvalue weighted by Crippen LogP contribution is -2.36. The molecule has 0 aliphatic rings. The van der Waals surface area contributed by atoms with E-state index < -0.39 is 24.5 Å². The van der Waals surface area contributed by atoms with E-state index in [1.54, 1.807) is 0 Å². The van der Waals surface area contributed by atoms with Crippen LogP contribution in [0.1, 0.15) is 5.56 Å². The molecular formula is C11H14N2O3. The van der Waals surface area contributed by atoms with E-state index in [2.05, 4.69) is 4.74 Å². The Bertz CT molecular complexity index is 365. The minimum absolute atomic E-state index is 0.373. The molecule has 1 atom stereocenters. The van der Waals surface area contributed by atoms with Gasteiger partial charge in [-0.2, -0.15) is 0 Å². The summed E-state index contributed by atoms with van der Waals surface area (Å²) in [7, 11) is 0. The van der Waals surface area contributed by atoms with E-state index in [0.29, 0.717) is 6.42 Å². The summed E-state index contributed by atoms with van der Waals surface area (Å²) in [4.78, 5) is 21.7. The summed E-state index contributed by atoms with van der Waals surface area (Å²) in [5.74, 6) is -1.32. The monoisotopic (exact) mass is 222 g/mol. The summed E-state index contributed by atoms with van der Waals surface area (Å²) >= 11 is 0. The fourth-order valence-electron chi connectivity index (χ4n) is 1.20. The molecule has 1 unspecified atom stereocenters. The fraction of sp³-hybridized carbons (Fsp3) is 0.273. The second kappa shape index (κ2) is 5.87. The Kier molecular flexibility index (Phi) is 4.47. The molecule has 1 aromatic carbocycles. The van der Waals surface area contributed by atoms with E-state index >= 15 is 0 Å². The lowest BCUT2D eigenvalue weighted by atomic mass is 10.1. The van der Waals surface area contributed by atoms with Crippen LogP contribution < -0.4 is 11.5 Å². The van der Waals surface area contributed by atoms with Crippen LogP contribution in [-0.4, -0.2) is 24.5 Å². The van der Waals surface area contributed by atoms with E-state index in [-0.39, 0.29) is 0 Å². The van der Waals surface area contributed by atoms with Crippen LogP contribution in [0.2, 0.25) is 0 Å². The van der Waals surface area contributed by atoms with Crippen molar-refractivity contribution in [1.82, 2.24) is 0 Å². The van der Waals surface area contributed by atoms with Gasteiger partial charge in [-0.3, -0.25) is 9.59 Å². The molecule has 0 saturated heterocycles. The van der Waals surface area contributed by atoms with Crippen LogP contribution in [0.25, 0.3) is 0 Å². The lowest BCUT2D eigenvalue weighted by Gasteiger charge is -2.10. The Balaban J connectivity index is 2.43. The molecule has 1 aromatic rings. The number of hydrogen-bond acceptors (Lipinski definition) is 4. The number of carbonyl (C=O) groups is 2. The van der Waals surface area contributed by atoms with Gasteiger partial charge in [0, 0.05) is 0 Å². The third-order valence-electron chi connectivity index (χ3n) is 1.96. The Morgan fingerprint density at radius 2 is 1.88 bits per heavy atom. The van der Waals surface area contributed by atoms with Gasteiger partial charge in [0.15, 0.2) is 6.61 Å². The van der Waals surface area contributed by atoms with Crippen molar-refractivity contribution < 1.29 is 14.3 Å². The van der Waals surface area contributed by atoms with Crippen LogP contribution in [0, 0.1) is 0 Å². The van der Waals surface area contributed by atoms with Crippen molar-refractivity contribution in [2.24, 2.45) is 11.5 Å². The van der Waals surface area contributed by atoms with Gasteiger partial charge in [-0.05, 0) is 12.0 Å². The first-order chi connectivity index (χ1) is 7.59. The summed E-state index contributed by atoms with van der Waals surface area (Å²) in [6.45, 7) is -0.429. The van der Waals surface area contributed by atoms with Gasteiger partial charge < -0.3 is 16.2 Å². The van der Waals surface area contributed by atoms with Crippen LogP contribution in [0.3, 0.4) is 0 Å². The van der Waals surface area contributed by atoms with Gasteiger partial charge in [0.2, 0.25) is 0 Å². The standard InChI is InChI=1S/C11H14N2O3/c12-9(11(15)16-7-10(13)14)6-8-4-2-1-3-5-8/h1-5,9H,6-7,12H2,(H2,13,14). The molecule has 1 rings (SSSR count). The van der Waals surface area contributed by atoms with Gasteiger partial charge in [0.05, 0.1) is 0 Å². The maximum absolute atomic E-state index is 11.3. The van der Waals surface area contributed by atoms with Gasteiger partial charge in [-0.15, -0.1) is 0 Å². The highest BCUT2D eigenvalue weighted by Gasteiger charge is 2.16. The summed E-state index contributed by atoms with van der Waals surface area (Å²) in [6, 6.07) is 8.54. The second-order valence-electron chi connectivity index (χ2n) is 3.37. The fourth-order valence-corrected chi connectivity index (χ4v) is 1.20. The number of carbonyl (C=O) groups excluding carboxylic acids is 2. The van der Waals surface area contributed by atoms with Crippen LogP contribution in [0.4, 0.5) is 0 Å². The van der Waals surface area contributed by atoms with Crippen LogP contribution in [0.15, 0.2) is 30.3 Å². The average Bonchev–Trinajstić information content (AvgIpc) is 2.27. The summed E-state index contributed by atoms with van der Waals surface area (Å²) in [6.07, 6.45) is 0.373. The molecule has 0 radical (unpaired) electrons. The average molecular weight is 222 g/mol. The largest absolute Gasteiger partial charge is 0.454 e. The van der Waals surface area contributed by atoms with E-state index in [4.69, 9.17) is 11.5 Å². The van der Waals surface area contributed by atoms with E-state index in [1.165, 1.54) is 0 Å². The molecule has 0 heterocycles. The molecule has 0 fully saturated rings. The maximum Gasteiger partial charge on any atom is 0.323 e. The molecule has 0 bridgehead atoms. The third-order valence-corrected chi connectivity index (χ3v) is 1.96. The lowest BCUT2D eigenvalue weighted by molar-refractivity contribution is -0.149. The number of benzene rings is 1. The Morgan fingerprint density at radius 1 is 1.25 bits per heavy atom. The van der Waals surface area contributed by atoms with Crippen molar-refractivity contribution in [3.8, 4) is 0 Å². The van der Waals surface area contributed by atoms with Crippen molar-refractivity contribution in [3.63, 3.8) is 0 Å². The molecule has 5 heteroatoms. The van der Waals surface area contributed by atoms with Gasteiger partial charge in [-0.1, -0.05) is 30.3 Å². The third kappa shape index (κ3) is 4.10. The summed E-state index contributed by atoms with van der Waals surface area (Å²) in [5, 5.41) is 0. The smallest absolute Gasteiger partial charge is 0.323 e. The van der Waals surface area contributed by atoms with Crippen molar-refractivity contribution in [2.45, 2.75) is 12.5 Å². The summed E-state index contributed by atoms with van der Waals surface area (Å²) in [5.41, 5.74) is 11.4. The SMILES string of the molecule is NC(=O)COC(=O)C(N)Cc1ccccc1. The van der Waals surface area contributed by atoms with E-state index in [1.807, 2.05) is 30.3 Å². The number of hydrogen-bond donors (Lipinski definition) is 2. The quantitative estimate of drug-likeness (QED) is 0.662. The van der Waals surface area contributed by atoms with Crippen molar-refractivity contribution >= 4 is 11.9 Å². The number of ether oxygens (including phenoxy) is 1. The first kappa shape index (κ1) is 12.2. The predicted molar refractivity (Wildman–Crippen MR) is 58.3 cm³/mol.